The van der Waals surface area contributed by atoms with Crippen molar-refractivity contribution in [3.05, 3.63) is 64.6 Å². The molecule has 1 saturated carbocycles. The molecule has 0 atom stereocenters. The molecular formula is C21H18F2N2O2S. The zero-order valence-electron chi connectivity index (χ0n) is 15.1. The Morgan fingerprint density at radius 1 is 1.14 bits per heavy atom. The van der Waals surface area contributed by atoms with Crippen LogP contribution in [-0.2, 0) is 4.79 Å². The predicted octanol–water partition coefficient (Wildman–Crippen LogP) is 5.36. The zero-order chi connectivity index (χ0) is 19.7. The van der Waals surface area contributed by atoms with E-state index in [1.54, 1.807) is 23.1 Å². The van der Waals surface area contributed by atoms with Gasteiger partial charge in [0.05, 0.1) is 10.6 Å². The molecule has 1 heterocycles. The number of carbonyl (C=O) groups excluding carboxylic acids is 1. The van der Waals surface area contributed by atoms with Gasteiger partial charge in [-0.25, -0.2) is 4.99 Å². The van der Waals surface area contributed by atoms with Crippen molar-refractivity contribution in [1.82, 2.24) is 4.90 Å². The maximum absolute atomic E-state index is 12.9. The van der Waals surface area contributed by atoms with Gasteiger partial charge < -0.3 is 4.74 Å². The van der Waals surface area contributed by atoms with Crippen LogP contribution in [0.3, 0.4) is 0 Å². The van der Waals surface area contributed by atoms with Crippen LogP contribution in [0, 0.1) is 6.92 Å². The van der Waals surface area contributed by atoms with Crippen LogP contribution < -0.4 is 4.74 Å². The van der Waals surface area contributed by atoms with E-state index in [2.05, 4.69) is 9.73 Å². The average molecular weight is 400 g/mol. The molecule has 1 aliphatic carbocycles. The van der Waals surface area contributed by atoms with E-state index in [1.807, 2.05) is 31.2 Å². The maximum atomic E-state index is 12.9. The minimum absolute atomic E-state index is 0.0636. The van der Waals surface area contributed by atoms with Crippen LogP contribution in [0.5, 0.6) is 5.75 Å². The van der Waals surface area contributed by atoms with Crippen molar-refractivity contribution >= 4 is 34.6 Å². The van der Waals surface area contributed by atoms with Crippen LogP contribution in [0.1, 0.15) is 24.0 Å². The first-order chi connectivity index (χ1) is 13.5. The molecule has 0 bridgehead atoms. The van der Waals surface area contributed by atoms with E-state index in [0.29, 0.717) is 10.1 Å². The average Bonchev–Trinajstić information content (AvgIpc) is 3.44. The maximum Gasteiger partial charge on any atom is 0.387 e. The van der Waals surface area contributed by atoms with E-state index < -0.39 is 6.61 Å². The fraction of sp³-hybridized carbons (Fsp3) is 0.238. The first-order valence-electron chi connectivity index (χ1n) is 8.93. The monoisotopic (exact) mass is 400 g/mol. The van der Waals surface area contributed by atoms with Gasteiger partial charge in [-0.2, -0.15) is 8.78 Å². The number of alkyl halides is 2. The van der Waals surface area contributed by atoms with Gasteiger partial charge in [0.25, 0.3) is 5.91 Å². The lowest BCUT2D eigenvalue weighted by molar-refractivity contribution is -0.122. The molecule has 1 amide bonds. The number of hydrogen-bond acceptors (Lipinski definition) is 4. The van der Waals surface area contributed by atoms with Crippen molar-refractivity contribution in [1.29, 1.82) is 0 Å². The highest BCUT2D eigenvalue weighted by atomic mass is 32.2. The molecule has 2 aromatic carbocycles. The Kier molecular flexibility index (Phi) is 5.17. The number of thioether (sulfide) groups is 1. The number of carbonyl (C=O) groups is 1. The Morgan fingerprint density at radius 3 is 2.43 bits per heavy atom. The number of ether oxygens (including phenoxy) is 1. The number of amidine groups is 1. The number of amides is 1. The number of aryl methyl sites for hydroxylation is 1. The minimum Gasteiger partial charge on any atom is -0.435 e. The predicted molar refractivity (Wildman–Crippen MR) is 107 cm³/mol. The fourth-order valence-corrected chi connectivity index (χ4v) is 3.90. The molecule has 7 heteroatoms. The molecule has 0 spiro atoms. The van der Waals surface area contributed by atoms with Gasteiger partial charge >= 0.3 is 6.61 Å². The molecule has 0 radical (unpaired) electrons. The van der Waals surface area contributed by atoms with Crippen LogP contribution in [0.15, 0.2) is 58.4 Å². The number of halogens is 2. The van der Waals surface area contributed by atoms with E-state index in [1.165, 1.54) is 23.9 Å². The summed E-state index contributed by atoms with van der Waals surface area (Å²) < 4.78 is 28.9. The minimum atomic E-state index is -2.86. The molecular weight excluding hydrogens is 382 g/mol. The van der Waals surface area contributed by atoms with E-state index in [4.69, 9.17) is 0 Å². The number of aliphatic imine (C=N–C) groups is 1. The second kappa shape index (κ2) is 7.75. The third kappa shape index (κ3) is 4.25. The molecule has 4 rings (SSSR count). The van der Waals surface area contributed by atoms with Crippen LogP contribution in [0.25, 0.3) is 6.08 Å². The summed E-state index contributed by atoms with van der Waals surface area (Å²) >= 11 is 1.34. The smallest absolute Gasteiger partial charge is 0.387 e. The van der Waals surface area contributed by atoms with Crippen LogP contribution >= 0.6 is 11.8 Å². The second-order valence-corrected chi connectivity index (χ2v) is 7.70. The third-order valence-corrected chi connectivity index (χ3v) is 5.39. The fourth-order valence-electron chi connectivity index (χ4n) is 2.85. The first kappa shape index (κ1) is 18.7. The van der Waals surface area contributed by atoms with Crippen molar-refractivity contribution < 1.29 is 18.3 Å². The van der Waals surface area contributed by atoms with Crippen LogP contribution in [0.4, 0.5) is 14.5 Å². The molecule has 1 aliphatic heterocycles. The lowest BCUT2D eigenvalue weighted by Crippen LogP contribution is -2.31. The molecule has 4 nitrogen and oxygen atoms in total. The van der Waals surface area contributed by atoms with Gasteiger partial charge in [-0.3, -0.25) is 9.69 Å². The van der Waals surface area contributed by atoms with Crippen molar-refractivity contribution in [2.24, 2.45) is 4.99 Å². The van der Waals surface area contributed by atoms with Gasteiger partial charge in [-0.1, -0.05) is 29.8 Å². The Balaban J connectivity index is 1.59. The summed E-state index contributed by atoms with van der Waals surface area (Å²) in [6, 6.07) is 14.3. The SMILES string of the molecule is Cc1ccc(N=C2S/C(=C\c3ccc(OC(F)F)cc3)C(=O)N2C2CC2)cc1. The van der Waals surface area contributed by atoms with Gasteiger partial charge in [0.15, 0.2) is 5.17 Å². The van der Waals surface area contributed by atoms with Crippen molar-refractivity contribution in [3.63, 3.8) is 0 Å². The van der Waals surface area contributed by atoms with E-state index in [0.717, 1.165) is 29.7 Å². The number of hydrogen-bond donors (Lipinski definition) is 0. The molecule has 0 unspecified atom stereocenters. The van der Waals surface area contributed by atoms with Gasteiger partial charge in [-0.05, 0) is 67.4 Å². The van der Waals surface area contributed by atoms with E-state index in [9.17, 15) is 13.6 Å². The largest absolute Gasteiger partial charge is 0.435 e. The standard InChI is InChI=1S/C21H18F2N2O2S/c1-13-2-6-15(7-3-13)24-21-25(16-8-9-16)19(26)18(28-21)12-14-4-10-17(11-5-14)27-20(22)23/h2-7,10-12,16,20H,8-9H2,1H3/b18-12-,24-21?. The Labute approximate surface area is 165 Å². The Bertz CT molecular complexity index is 936. The molecule has 2 aromatic rings. The second-order valence-electron chi connectivity index (χ2n) is 6.69. The Morgan fingerprint density at radius 2 is 1.82 bits per heavy atom. The lowest BCUT2D eigenvalue weighted by atomic mass is 10.2. The van der Waals surface area contributed by atoms with Crippen molar-refractivity contribution in [3.8, 4) is 5.75 Å². The third-order valence-electron chi connectivity index (χ3n) is 4.41. The molecule has 144 valence electrons. The molecule has 2 fully saturated rings. The number of rotatable bonds is 5. The number of benzene rings is 2. The molecule has 0 N–H and O–H groups in total. The topological polar surface area (TPSA) is 41.9 Å². The molecule has 2 aliphatic rings. The van der Waals surface area contributed by atoms with Gasteiger partial charge in [0, 0.05) is 6.04 Å². The highest BCUT2D eigenvalue weighted by Crippen LogP contribution is 2.41. The lowest BCUT2D eigenvalue weighted by Gasteiger charge is -2.14. The summed E-state index contributed by atoms with van der Waals surface area (Å²) in [5, 5.41) is 0.681. The van der Waals surface area contributed by atoms with Gasteiger partial charge in [-0.15, -0.1) is 0 Å². The molecule has 28 heavy (non-hydrogen) atoms. The zero-order valence-corrected chi connectivity index (χ0v) is 16.0. The van der Waals surface area contributed by atoms with E-state index >= 15 is 0 Å². The van der Waals surface area contributed by atoms with Crippen LogP contribution in [-0.4, -0.2) is 28.6 Å². The summed E-state index contributed by atoms with van der Waals surface area (Å²) in [4.78, 5) is 19.9. The van der Waals surface area contributed by atoms with Gasteiger partial charge in [0.2, 0.25) is 0 Å². The van der Waals surface area contributed by atoms with Crippen molar-refractivity contribution in [2.75, 3.05) is 0 Å². The Hall–Kier alpha value is -2.67. The highest BCUT2D eigenvalue weighted by Gasteiger charge is 2.42. The molecule has 1 saturated heterocycles. The van der Waals surface area contributed by atoms with Crippen LogP contribution in [0.2, 0.25) is 0 Å². The quantitative estimate of drug-likeness (QED) is 0.634. The van der Waals surface area contributed by atoms with Crippen molar-refractivity contribution in [2.45, 2.75) is 32.4 Å². The number of nitrogens with zero attached hydrogens (tertiary/aromatic N) is 2. The molecule has 0 aromatic heterocycles. The van der Waals surface area contributed by atoms with Gasteiger partial charge in [0.1, 0.15) is 5.75 Å². The summed E-state index contributed by atoms with van der Waals surface area (Å²) in [5.41, 5.74) is 2.70. The first-order valence-corrected chi connectivity index (χ1v) is 9.74. The summed E-state index contributed by atoms with van der Waals surface area (Å²) in [7, 11) is 0. The summed E-state index contributed by atoms with van der Waals surface area (Å²) in [6.45, 7) is -0.844. The van der Waals surface area contributed by atoms with E-state index in [-0.39, 0.29) is 17.7 Å². The normalized spacial score (nSPS) is 19.9. The summed E-state index contributed by atoms with van der Waals surface area (Å²) in [6.07, 6.45) is 3.71. The summed E-state index contributed by atoms with van der Waals surface area (Å²) in [5.74, 6) is 0.0232. The highest BCUT2D eigenvalue weighted by molar-refractivity contribution is 8.18.